The van der Waals surface area contributed by atoms with Crippen LogP contribution in [0.25, 0.3) is 0 Å². The van der Waals surface area contributed by atoms with Crippen LogP contribution in [0, 0.1) is 6.92 Å². The van der Waals surface area contributed by atoms with E-state index < -0.39 is 17.5 Å². The number of carbonyl (C=O) groups is 2. The minimum atomic E-state index is -1.41. The van der Waals surface area contributed by atoms with E-state index in [0.29, 0.717) is 22.6 Å². The number of imide groups is 1. The highest BCUT2D eigenvalue weighted by atomic mass is 16.7. The average molecular weight is 341 g/mol. The Balaban J connectivity index is 1.84. The zero-order chi connectivity index (χ0) is 17.6. The van der Waals surface area contributed by atoms with E-state index in [0.717, 1.165) is 0 Å². The van der Waals surface area contributed by atoms with Crippen LogP contribution in [0.4, 0.5) is 4.79 Å². The minimum absolute atomic E-state index is 0.0370. The van der Waals surface area contributed by atoms with Crippen LogP contribution in [-0.4, -0.2) is 23.3 Å². The van der Waals surface area contributed by atoms with E-state index in [2.05, 4.69) is 10.6 Å². The van der Waals surface area contributed by atoms with E-state index in [-0.39, 0.29) is 18.9 Å². The highest BCUT2D eigenvalue weighted by Crippen LogP contribution is 2.37. The fraction of sp³-hybridized carbons (Fsp3) is 0.235. The van der Waals surface area contributed by atoms with Gasteiger partial charge in [-0.25, -0.2) is 4.79 Å². The van der Waals surface area contributed by atoms with Crippen molar-refractivity contribution >= 4 is 11.9 Å². The summed E-state index contributed by atoms with van der Waals surface area (Å²) in [5.41, 5.74) is -0.575. The number of nitrogens with zero attached hydrogens (tertiary/aromatic N) is 1. The standard InChI is InChI=1S/C17H15N3O5/c1-10-3-2-6-20(14(10)21)8-17(15(22)18-16(23)19-17)11-4-5-12-13(7-11)25-9-24-12/h2-7H,8-9H2,1H3,(H2,18,19,22,23). The third-order valence-electron chi connectivity index (χ3n) is 4.42. The Hall–Kier alpha value is -3.29. The number of pyridine rings is 1. The number of aryl methyl sites for hydroxylation is 1. The van der Waals surface area contributed by atoms with Gasteiger partial charge in [-0.15, -0.1) is 0 Å². The van der Waals surface area contributed by atoms with Crippen LogP contribution in [0.1, 0.15) is 11.1 Å². The highest BCUT2D eigenvalue weighted by molar-refractivity contribution is 6.07. The minimum Gasteiger partial charge on any atom is -0.454 e. The molecule has 25 heavy (non-hydrogen) atoms. The molecule has 2 aromatic rings. The molecular formula is C17H15N3O5. The number of carbonyl (C=O) groups excluding carboxylic acids is 2. The molecule has 128 valence electrons. The van der Waals surface area contributed by atoms with Gasteiger partial charge in [0.1, 0.15) is 0 Å². The monoisotopic (exact) mass is 341 g/mol. The van der Waals surface area contributed by atoms with Gasteiger partial charge >= 0.3 is 6.03 Å². The van der Waals surface area contributed by atoms with E-state index in [1.54, 1.807) is 43.5 Å². The maximum absolute atomic E-state index is 12.6. The van der Waals surface area contributed by atoms with Crippen molar-refractivity contribution < 1.29 is 19.1 Å². The Morgan fingerprint density at radius 1 is 1.16 bits per heavy atom. The lowest BCUT2D eigenvalue weighted by molar-refractivity contribution is -0.124. The number of amides is 3. The van der Waals surface area contributed by atoms with Gasteiger partial charge in [-0.2, -0.15) is 0 Å². The maximum atomic E-state index is 12.6. The van der Waals surface area contributed by atoms with Crippen LogP contribution in [0.5, 0.6) is 11.5 Å². The van der Waals surface area contributed by atoms with Crippen LogP contribution in [0.2, 0.25) is 0 Å². The molecule has 0 bridgehead atoms. The van der Waals surface area contributed by atoms with Gasteiger partial charge < -0.3 is 19.4 Å². The molecular weight excluding hydrogens is 326 g/mol. The Morgan fingerprint density at radius 3 is 2.72 bits per heavy atom. The summed E-state index contributed by atoms with van der Waals surface area (Å²) in [4.78, 5) is 36.8. The zero-order valence-corrected chi connectivity index (χ0v) is 13.4. The SMILES string of the molecule is Cc1cccn(CC2(c3ccc4c(c3)OCO4)NC(=O)NC2=O)c1=O. The molecule has 8 nitrogen and oxygen atoms in total. The normalized spacial score (nSPS) is 21.2. The van der Waals surface area contributed by atoms with Gasteiger partial charge in [-0.3, -0.25) is 14.9 Å². The zero-order valence-electron chi connectivity index (χ0n) is 13.4. The van der Waals surface area contributed by atoms with E-state index in [9.17, 15) is 14.4 Å². The average Bonchev–Trinajstić information content (AvgIpc) is 3.16. The molecule has 2 N–H and O–H groups in total. The summed E-state index contributed by atoms with van der Waals surface area (Å²) < 4.78 is 12.1. The lowest BCUT2D eigenvalue weighted by atomic mass is 9.89. The summed E-state index contributed by atoms with van der Waals surface area (Å²) in [7, 11) is 0. The summed E-state index contributed by atoms with van der Waals surface area (Å²) in [5, 5.41) is 4.92. The number of urea groups is 1. The van der Waals surface area contributed by atoms with Gasteiger partial charge in [-0.05, 0) is 30.7 Å². The summed E-state index contributed by atoms with van der Waals surface area (Å²) in [6.45, 7) is 1.76. The molecule has 0 radical (unpaired) electrons. The molecule has 0 saturated carbocycles. The number of rotatable bonds is 3. The van der Waals surface area contributed by atoms with Crippen molar-refractivity contribution in [3.8, 4) is 11.5 Å². The summed E-state index contributed by atoms with van der Waals surface area (Å²) in [6.07, 6.45) is 1.59. The third kappa shape index (κ3) is 2.34. The molecule has 8 heteroatoms. The Labute approximate surface area is 142 Å². The first-order chi connectivity index (χ1) is 12.0. The number of benzene rings is 1. The number of ether oxygens (including phenoxy) is 2. The third-order valence-corrected chi connectivity index (χ3v) is 4.42. The topological polar surface area (TPSA) is 98.7 Å². The highest BCUT2D eigenvalue weighted by Gasteiger charge is 2.48. The molecule has 1 aromatic heterocycles. The number of fused-ring (bicyclic) bond motifs is 1. The van der Waals surface area contributed by atoms with E-state index in [1.807, 2.05) is 0 Å². The Morgan fingerprint density at radius 2 is 1.96 bits per heavy atom. The molecule has 1 fully saturated rings. The first kappa shape index (κ1) is 15.3. The number of nitrogens with one attached hydrogen (secondary N) is 2. The predicted molar refractivity (Wildman–Crippen MR) is 86.4 cm³/mol. The van der Waals surface area contributed by atoms with Crippen LogP contribution < -0.4 is 25.7 Å². The second kappa shape index (κ2) is 5.37. The lowest BCUT2D eigenvalue weighted by Gasteiger charge is -2.27. The van der Waals surface area contributed by atoms with Gasteiger partial charge in [0.05, 0.1) is 6.54 Å². The van der Waals surface area contributed by atoms with E-state index in [1.165, 1.54) is 4.57 Å². The van der Waals surface area contributed by atoms with Gasteiger partial charge in [0.15, 0.2) is 17.0 Å². The van der Waals surface area contributed by atoms with Crippen molar-refractivity contribution in [1.82, 2.24) is 15.2 Å². The Kier molecular flexibility index (Phi) is 3.28. The fourth-order valence-corrected chi connectivity index (χ4v) is 3.10. The summed E-state index contributed by atoms with van der Waals surface area (Å²) in [6, 6.07) is 7.81. The molecule has 0 aliphatic carbocycles. The largest absolute Gasteiger partial charge is 0.454 e. The molecule has 3 heterocycles. The van der Waals surface area contributed by atoms with Crippen LogP contribution >= 0.6 is 0 Å². The predicted octanol–water partition coefficient (Wildman–Crippen LogP) is 0.620. The molecule has 1 aromatic carbocycles. The molecule has 1 unspecified atom stereocenters. The molecule has 2 aliphatic heterocycles. The summed E-state index contributed by atoms with van der Waals surface area (Å²) >= 11 is 0. The molecule has 1 saturated heterocycles. The van der Waals surface area contributed by atoms with Gasteiger partial charge in [0, 0.05) is 11.8 Å². The molecule has 1 atom stereocenters. The molecule has 3 amide bonds. The van der Waals surface area contributed by atoms with Gasteiger partial charge in [-0.1, -0.05) is 12.1 Å². The van der Waals surface area contributed by atoms with Crippen molar-refractivity contribution in [3.63, 3.8) is 0 Å². The van der Waals surface area contributed by atoms with Gasteiger partial charge in [0.2, 0.25) is 6.79 Å². The first-order valence-corrected chi connectivity index (χ1v) is 7.69. The first-order valence-electron chi connectivity index (χ1n) is 7.69. The fourth-order valence-electron chi connectivity index (χ4n) is 3.10. The summed E-state index contributed by atoms with van der Waals surface area (Å²) in [5.74, 6) is 0.531. The van der Waals surface area contributed by atoms with Crippen molar-refractivity contribution in [1.29, 1.82) is 0 Å². The van der Waals surface area contributed by atoms with Crippen LogP contribution in [-0.2, 0) is 16.9 Å². The van der Waals surface area contributed by atoms with Crippen molar-refractivity contribution in [3.05, 3.63) is 58.0 Å². The molecule has 2 aliphatic rings. The van der Waals surface area contributed by atoms with E-state index in [4.69, 9.17) is 9.47 Å². The second-order valence-corrected chi connectivity index (χ2v) is 6.01. The van der Waals surface area contributed by atoms with E-state index >= 15 is 0 Å². The van der Waals surface area contributed by atoms with Crippen molar-refractivity contribution in [2.45, 2.75) is 19.0 Å². The maximum Gasteiger partial charge on any atom is 0.322 e. The molecule has 4 rings (SSSR count). The lowest BCUT2D eigenvalue weighted by Crippen LogP contribution is -2.49. The molecule has 0 spiro atoms. The number of hydrogen-bond acceptors (Lipinski definition) is 5. The Bertz CT molecular complexity index is 952. The second-order valence-electron chi connectivity index (χ2n) is 6.01. The van der Waals surface area contributed by atoms with Crippen molar-refractivity contribution in [2.24, 2.45) is 0 Å². The number of hydrogen-bond donors (Lipinski definition) is 2. The smallest absolute Gasteiger partial charge is 0.322 e. The van der Waals surface area contributed by atoms with Crippen LogP contribution in [0.3, 0.4) is 0 Å². The van der Waals surface area contributed by atoms with Crippen molar-refractivity contribution in [2.75, 3.05) is 6.79 Å². The van der Waals surface area contributed by atoms with Crippen LogP contribution in [0.15, 0.2) is 41.3 Å². The number of aromatic nitrogens is 1. The van der Waals surface area contributed by atoms with Gasteiger partial charge in [0.25, 0.3) is 11.5 Å². The quantitative estimate of drug-likeness (QED) is 0.798.